The molecule has 1 aromatic heterocycles. The SMILES string of the molecule is CCOc1cc(-c2ccc(F)cn2)c(C2CC2)cc1CN1CCC2(CC1)CN(c1ccc(C(=O)NCCOCCO)cc1)C(=O)N2. The number of rotatable bonds is 13. The number of aliphatic hydroxyl groups is 1. The zero-order valence-electron chi connectivity index (χ0n) is 26.3. The lowest BCUT2D eigenvalue weighted by Gasteiger charge is -2.39. The number of piperidine rings is 1. The number of anilines is 1. The number of ether oxygens (including phenoxy) is 2. The third-order valence-electron chi connectivity index (χ3n) is 9.05. The number of nitrogens with zero attached hydrogens (tertiary/aromatic N) is 3. The minimum Gasteiger partial charge on any atom is -0.494 e. The summed E-state index contributed by atoms with van der Waals surface area (Å²) in [7, 11) is 0. The van der Waals surface area contributed by atoms with E-state index in [0.29, 0.717) is 37.8 Å². The molecule has 2 aliphatic heterocycles. The molecule has 2 saturated heterocycles. The first-order valence-corrected chi connectivity index (χ1v) is 16.2. The molecule has 6 rings (SSSR count). The number of pyridine rings is 1. The summed E-state index contributed by atoms with van der Waals surface area (Å²) in [6, 6.07) is 14.5. The number of benzene rings is 2. The van der Waals surface area contributed by atoms with Crippen LogP contribution in [-0.2, 0) is 11.3 Å². The second-order valence-corrected chi connectivity index (χ2v) is 12.3. The van der Waals surface area contributed by atoms with Gasteiger partial charge in [0.25, 0.3) is 5.91 Å². The van der Waals surface area contributed by atoms with E-state index in [9.17, 15) is 14.0 Å². The second-order valence-electron chi connectivity index (χ2n) is 12.3. The van der Waals surface area contributed by atoms with Crippen molar-refractivity contribution in [2.24, 2.45) is 0 Å². The molecule has 11 heteroatoms. The monoisotopic (exact) mass is 631 g/mol. The zero-order chi connectivity index (χ0) is 32.1. The van der Waals surface area contributed by atoms with Crippen LogP contribution < -0.4 is 20.3 Å². The molecule has 0 bridgehead atoms. The molecule has 3 heterocycles. The highest BCUT2D eigenvalue weighted by atomic mass is 19.1. The van der Waals surface area contributed by atoms with Gasteiger partial charge in [0.1, 0.15) is 11.6 Å². The molecule has 46 heavy (non-hydrogen) atoms. The Morgan fingerprint density at radius 3 is 2.59 bits per heavy atom. The number of carbonyl (C=O) groups is 2. The lowest BCUT2D eigenvalue weighted by atomic mass is 9.88. The second kappa shape index (κ2) is 14.1. The number of amides is 3. The van der Waals surface area contributed by atoms with Gasteiger partial charge in [-0.3, -0.25) is 19.6 Å². The Kier molecular flexibility index (Phi) is 9.81. The maximum atomic E-state index is 13.6. The number of urea groups is 1. The molecular formula is C35H42FN5O5. The highest BCUT2D eigenvalue weighted by Crippen LogP contribution is 2.46. The van der Waals surface area contributed by atoms with E-state index in [1.54, 1.807) is 23.1 Å². The molecule has 3 aliphatic rings. The molecule has 10 nitrogen and oxygen atoms in total. The Hall–Kier alpha value is -4.06. The normalized spacial score (nSPS) is 17.7. The van der Waals surface area contributed by atoms with E-state index in [0.717, 1.165) is 73.6 Å². The summed E-state index contributed by atoms with van der Waals surface area (Å²) in [5.41, 5.74) is 5.12. The van der Waals surface area contributed by atoms with Crippen molar-refractivity contribution in [1.29, 1.82) is 0 Å². The standard InChI is InChI=1S/C35H42FN5O5/c1-2-46-32-20-30(31-10-7-27(36)21-38-31)29(24-3-4-24)19-26(32)22-40-14-11-35(12-15-40)23-41(34(44)39-35)28-8-5-25(6-9-28)33(43)37-13-17-45-18-16-42/h5-10,19-21,24,42H,2-4,11-18,22-23H2,1H3,(H,37,43)(H,39,44). The fourth-order valence-corrected chi connectivity index (χ4v) is 6.42. The molecule has 1 spiro atoms. The van der Waals surface area contributed by atoms with Crippen LogP contribution in [0.4, 0.5) is 14.9 Å². The molecule has 3 fully saturated rings. The topological polar surface area (TPSA) is 116 Å². The average Bonchev–Trinajstić information content (AvgIpc) is 3.86. The van der Waals surface area contributed by atoms with Crippen molar-refractivity contribution in [3.63, 3.8) is 0 Å². The Morgan fingerprint density at radius 1 is 1.13 bits per heavy atom. The van der Waals surface area contributed by atoms with Crippen LogP contribution in [0, 0.1) is 5.82 Å². The van der Waals surface area contributed by atoms with Crippen molar-refractivity contribution in [3.05, 3.63) is 77.2 Å². The maximum Gasteiger partial charge on any atom is 0.322 e. The predicted octanol–water partition coefficient (Wildman–Crippen LogP) is 4.47. The van der Waals surface area contributed by atoms with Crippen LogP contribution in [0.5, 0.6) is 5.75 Å². The largest absolute Gasteiger partial charge is 0.494 e. The molecule has 1 saturated carbocycles. The first-order valence-electron chi connectivity index (χ1n) is 16.2. The molecule has 3 aromatic rings. The number of halogens is 1. The maximum absolute atomic E-state index is 13.6. The van der Waals surface area contributed by atoms with E-state index < -0.39 is 0 Å². The fraction of sp³-hybridized carbons (Fsp3) is 0.457. The van der Waals surface area contributed by atoms with Gasteiger partial charge in [-0.1, -0.05) is 0 Å². The molecule has 2 aromatic carbocycles. The third kappa shape index (κ3) is 7.32. The highest BCUT2D eigenvalue weighted by molar-refractivity contribution is 5.97. The molecule has 3 amide bonds. The van der Waals surface area contributed by atoms with Crippen LogP contribution >= 0.6 is 0 Å². The summed E-state index contributed by atoms with van der Waals surface area (Å²) >= 11 is 0. The van der Waals surface area contributed by atoms with Gasteiger partial charge >= 0.3 is 6.03 Å². The van der Waals surface area contributed by atoms with E-state index in [1.807, 2.05) is 19.1 Å². The van der Waals surface area contributed by atoms with Crippen molar-refractivity contribution < 1.29 is 28.6 Å². The number of nitrogens with one attached hydrogen (secondary N) is 2. The average molecular weight is 632 g/mol. The summed E-state index contributed by atoms with van der Waals surface area (Å²) in [6.07, 6.45) is 5.20. The van der Waals surface area contributed by atoms with Crippen molar-refractivity contribution >= 4 is 17.6 Å². The molecule has 3 N–H and O–H groups in total. The molecule has 0 atom stereocenters. The van der Waals surface area contributed by atoms with Crippen LogP contribution in [-0.4, -0.2) is 85.1 Å². The molecule has 0 unspecified atom stereocenters. The van der Waals surface area contributed by atoms with Gasteiger partial charge in [0.15, 0.2) is 0 Å². The first-order chi connectivity index (χ1) is 22.4. The number of hydrogen-bond acceptors (Lipinski definition) is 7. The van der Waals surface area contributed by atoms with Gasteiger partial charge in [-0.25, -0.2) is 9.18 Å². The van der Waals surface area contributed by atoms with Gasteiger partial charge in [0, 0.05) is 48.6 Å². The van der Waals surface area contributed by atoms with E-state index in [1.165, 1.54) is 17.8 Å². The van der Waals surface area contributed by atoms with Gasteiger partial charge in [-0.2, -0.15) is 0 Å². The molecular weight excluding hydrogens is 589 g/mol. The van der Waals surface area contributed by atoms with E-state index in [4.69, 9.17) is 14.6 Å². The minimum absolute atomic E-state index is 0.0524. The smallest absolute Gasteiger partial charge is 0.322 e. The van der Waals surface area contributed by atoms with Crippen LogP contribution in [0.2, 0.25) is 0 Å². The summed E-state index contributed by atoms with van der Waals surface area (Å²) in [5, 5.41) is 14.8. The van der Waals surface area contributed by atoms with Crippen molar-refractivity contribution in [1.82, 2.24) is 20.5 Å². The van der Waals surface area contributed by atoms with Gasteiger partial charge in [-0.05, 0) is 92.6 Å². The first kappa shape index (κ1) is 31.9. The fourth-order valence-electron chi connectivity index (χ4n) is 6.42. The number of aliphatic hydroxyl groups excluding tert-OH is 1. The Labute approximate surface area is 268 Å². The van der Waals surface area contributed by atoms with Crippen LogP contribution in [0.3, 0.4) is 0 Å². The Bertz CT molecular complexity index is 1520. The van der Waals surface area contributed by atoms with Crippen molar-refractivity contribution in [2.45, 2.75) is 50.6 Å². The summed E-state index contributed by atoms with van der Waals surface area (Å²) < 4.78 is 24.9. The van der Waals surface area contributed by atoms with Crippen molar-refractivity contribution in [3.8, 4) is 17.0 Å². The van der Waals surface area contributed by atoms with E-state index in [-0.39, 0.29) is 36.5 Å². The minimum atomic E-state index is -0.348. The van der Waals surface area contributed by atoms with Gasteiger partial charge in [0.2, 0.25) is 0 Å². The molecule has 244 valence electrons. The van der Waals surface area contributed by atoms with Gasteiger partial charge in [-0.15, -0.1) is 0 Å². The van der Waals surface area contributed by atoms with Gasteiger partial charge in [0.05, 0.1) is 50.4 Å². The summed E-state index contributed by atoms with van der Waals surface area (Å²) in [5.74, 6) is 0.757. The summed E-state index contributed by atoms with van der Waals surface area (Å²) in [6.45, 7) is 6.38. The van der Waals surface area contributed by atoms with E-state index >= 15 is 0 Å². The predicted molar refractivity (Wildman–Crippen MR) is 173 cm³/mol. The zero-order valence-corrected chi connectivity index (χ0v) is 26.3. The third-order valence-corrected chi connectivity index (χ3v) is 9.05. The van der Waals surface area contributed by atoms with Crippen LogP contribution in [0.15, 0.2) is 54.7 Å². The number of hydrogen-bond donors (Lipinski definition) is 3. The van der Waals surface area contributed by atoms with Crippen LogP contribution in [0.1, 0.15) is 60.0 Å². The quantitative estimate of drug-likeness (QED) is 0.239. The number of carbonyl (C=O) groups excluding carboxylic acids is 2. The van der Waals surface area contributed by atoms with Crippen molar-refractivity contribution in [2.75, 3.05) is 57.5 Å². The molecule has 0 radical (unpaired) electrons. The lowest BCUT2D eigenvalue weighted by Crippen LogP contribution is -2.52. The van der Waals surface area contributed by atoms with Gasteiger partial charge < -0.3 is 25.2 Å². The van der Waals surface area contributed by atoms with E-state index in [2.05, 4.69) is 32.7 Å². The number of likely N-dealkylation sites (tertiary alicyclic amines) is 1. The summed E-state index contributed by atoms with van der Waals surface area (Å²) in [4.78, 5) is 34.1. The lowest BCUT2D eigenvalue weighted by molar-refractivity contribution is 0.0838. The molecule has 1 aliphatic carbocycles. The van der Waals surface area contributed by atoms with Crippen LogP contribution in [0.25, 0.3) is 11.3 Å². The Balaban J connectivity index is 1.08. The Morgan fingerprint density at radius 2 is 1.91 bits per heavy atom. The number of aromatic nitrogens is 1. The highest BCUT2D eigenvalue weighted by Gasteiger charge is 2.45.